The van der Waals surface area contributed by atoms with Gasteiger partial charge in [-0.2, -0.15) is 0 Å². The lowest BCUT2D eigenvalue weighted by Crippen LogP contribution is -2.14. The second kappa shape index (κ2) is 3.70. The summed E-state index contributed by atoms with van der Waals surface area (Å²) in [5, 5.41) is 0. The maximum atomic E-state index is 11.1. The zero-order valence-electron chi connectivity index (χ0n) is 8.79. The van der Waals surface area contributed by atoms with E-state index in [0.29, 0.717) is 17.2 Å². The fraction of sp³-hybridized carbons (Fsp3) is 0.364. The summed E-state index contributed by atoms with van der Waals surface area (Å²) in [6.07, 6.45) is 0. The van der Waals surface area contributed by atoms with E-state index in [1.165, 1.54) is 0 Å². The van der Waals surface area contributed by atoms with Crippen LogP contribution in [0, 0.1) is 6.92 Å². The van der Waals surface area contributed by atoms with E-state index in [1.54, 1.807) is 6.07 Å². The summed E-state index contributed by atoms with van der Waals surface area (Å²) in [4.78, 5) is 11.1. The minimum Gasteiger partial charge on any atom is -0.399 e. The smallest absolute Gasteiger partial charge is 0.249 e. The van der Waals surface area contributed by atoms with Crippen molar-refractivity contribution in [3.05, 3.63) is 28.8 Å². The first-order valence-corrected chi connectivity index (χ1v) is 4.63. The number of carbonyl (C=O) groups excluding carboxylic acids is 1. The fourth-order valence-electron chi connectivity index (χ4n) is 1.62. The predicted octanol–water partition coefficient (Wildman–Crippen LogP) is 1.80. The summed E-state index contributed by atoms with van der Waals surface area (Å²) >= 11 is 0. The van der Waals surface area contributed by atoms with Crippen LogP contribution in [0.15, 0.2) is 12.1 Å². The Morgan fingerprint density at radius 1 is 1.36 bits per heavy atom. The van der Waals surface area contributed by atoms with Gasteiger partial charge in [0.15, 0.2) is 0 Å². The molecule has 0 unspecified atom stereocenters. The Hall–Kier alpha value is -1.51. The molecule has 0 atom stereocenters. The lowest BCUT2D eigenvalue weighted by atomic mass is 9.93. The van der Waals surface area contributed by atoms with Gasteiger partial charge < -0.3 is 11.5 Å². The van der Waals surface area contributed by atoms with Crippen LogP contribution in [0.5, 0.6) is 0 Å². The van der Waals surface area contributed by atoms with Crippen LogP contribution in [-0.4, -0.2) is 5.91 Å². The van der Waals surface area contributed by atoms with Crippen molar-refractivity contribution in [1.29, 1.82) is 0 Å². The zero-order valence-corrected chi connectivity index (χ0v) is 8.79. The van der Waals surface area contributed by atoms with E-state index >= 15 is 0 Å². The number of amides is 1. The largest absolute Gasteiger partial charge is 0.399 e. The summed E-state index contributed by atoms with van der Waals surface area (Å²) in [7, 11) is 0. The number of anilines is 1. The van der Waals surface area contributed by atoms with Gasteiger partial charge in [-0.3, -0.25) is 4.79 Å². The van der Waals surface area contributed by atoms with E-state index in [-0.39, 0.29) is 0 Å². The minimum absolute atomic E-state index is 0.344. The average Bonchev–Trinajstić information content (AvgIpc) is 2.07. The SMILES string of the molecule is Cc1c(C(N)=O)cc(N)cc1C(C)C. The highest BCUT2D eigenvalue weighted by Crippen LogP contribution is 2.24. The molecule has 1 amide bonds. The molecule has 0 saturated carbocycles. The lowest BCUT2D eigenvalue weighted by molar-refractivity contribution is 0.0999. The molecule has 1 aromatic rings. The van der Waals surface area contributed by atoms with E-state index in [4.69, 9.17) is 11.5 Å². The fourth-order valence-corrected chi connectivity index (χ4v) is 1.62. The molecule has 3 heteroatoms. The van der Waals surface area contributed by atoms with Crippen molar-refractivity contribution in [3.8, 4) is 0 Å². The molecule has 0 spiro atoms. The maximum Gasteiger partial charge on any atom is 0.249 e. The minimum atomic E-state index is -0.420. The molecule has 0 radical (unpaired) electrons. The van der Waals surface area contributed by atoms with Gasteiger partial charge in [0.05, 0.1) is 0 Å². The highest BCUT2D eigenvalue weighted by Gasteiger charge is 2.12. The second-order valence-electron chi connectivity index (χ2n) is 3.80. The van der Waals surface area contributed by atoms with Crippen molar-refractivity contribution in [2.75, 3.05) is 5.73 Å². The van der Waals surface area contributed by atoms with Crippen LogP contribution in [0.4, 0.5) is 5.69 Å². The van der Waals surface area contributed by atoms with Gasteiger partial charge in [0.1, 0.15) is 0 Å². The third kappa shape index (κ3) is 1.87. The Balaban J connectivity index is 3.40. The third-order valence-corrected chi connectivity index (χ3v) is 2.36. The summed E-state index contributed by atoms with van der Waals surface area (Å²) in [5.74, 6) is -0.0756. The second-order valence-corrected chi connectivity index (χ2v) is 3.80. The number of hydrogen-bond donors (Lipinski definition) is 2. The first kappa shape index (κ1) is 10.6. The Morgan fingerprint density at radius 3 is 2.36 bits per heavy atom. The van der Waals surface area contributed by atoms with Gasteiger partial charge in [0.25, 0.3) is 0 Å². The molecule has 0 heterocycles. The molecular weight excluding hydrogens is 176 g/mol. The van der Waals surface area contributed by atoms with Gasteiger partial charge in [-0.1, -0.05) is 13.8 Å². The predicted molar refractivity (Wildman–Crippen MR) is 58.2 cm³/mol. The van der Waals surface area contributed by atoms with Crippen LogP contribution in [0.25, 0.3) is 0 Å². The van der Waals surface area contributed by atoms with Crippen molar-refractivity contribution in [1.82, 2.24) is 0 Å². The Labute approximate surface area is 84.1 Å². The van der Waals surface area contributed by atoms with Crippen LogP contribution in [0.2, 0.25) is 0 Å². The van der Waals surface area contributed by atoms with Crippen LogP contribution >= 0.6 is 0 Å². The lowest BCUT2D eigenvalue weighted by Gasteiger charge is -2.13. The van der Waals surface area contributed by atoms with Crippen LogP contribution in [-0.2, 0) is 0 Å². The Kier molecular flexibility index (Phi) is 2.79. The van der Waals surface area contributed by atoms with E-state index in [0.717, 1.165) is 11.1 Å². The number of rotatable bonds is 2. The summed E-state index contributed by atoms with van der Waals surface area (Å²) in [5.41, 5.74) is 14.1. The summed E-state index contributed by atoms with van der Waals surface area (Å²) in [6, 6.07) is 3.52. The molecule has 0 fully saturated rings. The number of nitrogen functional groups attached to an aromatic ring is 1. The molecule has 0 aromatic heterocycles. The quantitative estimate of drug-likeness (QED) is 0.701. The normalized spacial score (nSPS) is 10.6. The molecular formula is C11H16N2O. The molecule has 3 nitrogen and oxygen atoms in total. The van der Waals surface area contributed by atoms with Crippen molar-refractivity contribution < 1.29 is 4.79 Å². The Morgan fingerprint density at radius 2 is 1.93 bits per heavy atom. The van der Waals surface area contributed by atoms with Crippen LogP contribution < -0.4 is 11.5 Å². The van der Waals surface area contributed by atoms with Crippen LogP contribution in [0.1, 0.15) is 41.3 Å². The van der Waals surface area contributed by atoms with E-state index in [9.17, 15) is 4.79 Å². The molecule has 0 aliphatic rings. The van der Waals surface area contributed by atoms with Gasteiger partial charge in [0.2, 0.25) is 5.91 Å². The van der Waals surface area contributed by atoms with Gasteiger partial charge in [0, 0.05) is 11.3 Å². The van der Waals surface area contributed by atoms with Crippen molar-refractivity contribution in [3.63, 3.8) is 0 Å². The highest BCUT2D eigenvalue weighted by molar-refractivity contribution is 5.95. The first-order valence-electron chi connectivity index (χ1n) is 4.63. The van der Waals surface area contributed by atoms with Gasteiger partial charge in [-0.05, 0) is 36.1 Å². The molecule has 76 valence electrons. The van der Waals surface area contributed by atoms with Crippen molar-refractivity contribution in [2.24, 2.45) is 5.73 Å². The molecule has 0 aliphatic heterocycles. The molecule has 0 aliphatic carbocycles. The monoisotopic (exact) mass is 192 g/mol. The first-order chi connectivity index (χ1) is 6.43. The zero-order chi connectivity index (χ0) is 10.9. The van der Waals surface area contributed by atoms with Crippen molar-refractivity contribution >= 4 is 11.6 Å². The molecule has 0 saturated heterocycles. The van der Waals surface area contributed by atoms with Crippen molar-refractivity contribution in [2.45, 2.75) is 26.7 Å². The number of hydrogen-bond acceptors (Lipinski definition) is 2. The van der Waals surface area contributed by atoms with Gasteiger partial charge in [-0.25, -0.2) is 0 Å². The molecule has 0 bridgehead atoms. The van der Waals surface area contributed by atoms with E-state index in [2.05, 4.69) is 13.8 Å². The molecule has 14 heavy (non-hydrogen) atoms. The van der Waals surface area contributed by atoms with Gasteiger partial charge >= 0.3 is 0 Å². The number of primary amides is 1. The average molecular weight is 192 g/mol. The summed E-state index contributed by atoms with van der Waals surface area (Å²) in [6.45, 7) is 6.02. The van der Waals surface area contributed by atoms with Gasteiger partial charge in [-0.15, -0.1) is 0 Å². The molecule has 1 aromatic carbocycles. The topological polar surface area (TPSA) is 69.1 Å². The standard InChI is InChI=1S/C11H16N2O/c1-6(2)9-4-8(12)5-10(7(9)3)11(13)14/h4-6H,12H2,1-3H3,(H2,13,14). The third-order valence-electron chi connectivity index (χ3n) is 2.36. The maximum absolute atomic E-state index is 11.1. The van der Waals surface area contributed by atoms with Crippen LogP contribution in [0.3, 0.4) is 0 Å². The summed E-state index contributed by atoms with van der Waals surface area (Å²) < 4.78 is 0. The van der Waals surface area contributed by atoms with E-state index in [1.807, 2.05) is 13.0 Å². The Bertz CT molecular complexity index is 370. The molecule has 4 N–H and O–H groups in total. The number of carbonyl (C=O) groups is 1. The molecule has 1 rings (SSSR count). The highest BCUT2D eigenvalue weighted by atomic mass is 16.1. The number of benzene rings is 1. The van der Waals surface area contributed by atoms with E-state index < -0.39 is 5.91 Å². The number of nitrogens with two attached hydrogens (primary N) is 2.